The van der Waals surface area contributed by atoms with Crippen molar-refractivity contribution in [2.24, 2.45) is 0 Å². The number of esters is 1. The highest BCUT2D eigenvalue weighted by Crippen LogP contribution is 2.46. The average molecular weight is 318 g/mol. The number of methoxy groups -OCH3 is 1. The van der Waals surface area contributed by atoms with Gasteiger partial charge in [0.2, 0.25) is 0 Å². The van der Waals surface area contributed by atoms with Crippen molar-refractivity contribution < 1.29 is 18.8 Å². The van der Waals surface area contributed by atoms with Gasteiger partial charge < -0.3 is 14.0 Å². The average Bonchev–Trinajstić information content (AvgIpc) is 2.96. The van der Waals surface area contributed by atoms with Gasteiger partial charge in [0.1, 0.15) is 0 Å². The quantitative estimate of drug-likeness (QED) is 0.596. The summed E-state index contributed by atoms with van der Waals surface area (Å²) in [6.07, 6.45) is 3.51. The van der Waals surface area contributed by atoms with Gasteiger partial charge in [0.05, 0.1) is 23.9 Å². The van der Waals surface area contributed by atoms with Crippen molar-refractivity contribution >= 4 is 18.6 Å². The van der Waals surface area contributed by atoms with Gasteiger partial charge in [-0.25, -0.2) is 4.79 Å². The fourth-order valence-corrected chi connectivity index (χ4v) is 3.90. The fraction of sp³-hybridized carbons (Fsp3) is 0.611. The van der Waals surface area contributed by atoms with Gasteiger partial charge in [-0.2, -0.15) is 0 Å². The number of carbonyl (C=O) groups is 1. The lowest BCUT2D eigenvalue weighted by Gasteiger charge is -2.42. The number of ether oxygens (including phenoxy) is 1. The molecule has 0 bridgehead atoms. The zero-order valence-electron chi connectivity index (χ0n) is 14.8. The first kappa shape index (κ1) is 18.0. The summed E-state index contributed by atoms with van der Waals surface area (Å²) in [6.45, 7) is 8.56. The van der Waals surface area contributed by atoms with E-state index in [1.807, 2.05) is 18.2 Å². The molecule has 0 N–H and O–H groups in total. The van der Waals surface area contributed by atoms with Gasteiger partial charge in [-0.15, -0.1) is 0 Å². The summed E-state index contributed by atoms with van der Waals surface area (Å²) in [5.41, 5.74) is 0.591. The third-order valence-corrected chi connectivity index (χ3v) is 5.40. The third kappa shape index (κ3) is 2.81. The number of hydrogen-bond donors (Lipinski definition) is 0. The molecule has 0 amide bonds. The minimum atomic E-state index is -0.537. The lowest BCUT2D eigenvalue weighted by molar-refractivity contribution is -0.0601. The highest BCUT2D eigenvalue weighted by atomic mass is 16.7. The zero-order chi connectivity index (χ0) is 17.1. The number of hydrogen-bond acceptors (Lipinski definition) is 4. The molecule has 126 valence electrons. The number of carbonyl (C=O) groups excluding carboxylic acids is 1. The monoisotopic (exact) mass is 318 g/mol. The van der Waals surface area contributed by atoms with Crippen LogP contribution in [0.5, 0.6) is 0 Å². The van der Waals surface area contributed by atoms with Crippen LogP contribution in [0.2, 0.25) is 0 Å². The van der Waals surface area contributed by atoms with Crippen molar-refractivity contribution in [1.29, 1.82) is 0 Å². The Bertz CT molecular complexity index is 530. The van der Waals surface area contributed by atoms with Crippen LogP contribution in [0.25, 0.3) is 0 Å². The molecule has 4 nitrogen and oxygen atoms in total. The Morgan fingerprint density at radius 2 is 1.48 bits per heavy atom. The molecule has 1 aromatic carbocycles. The van der Waals surface area contributed by atoms with Crippen LogP contribution >= 0.6 is 0 Å². The lowest BCUT2D eigenvalue weighted by Crippen LogP contribution is -2.50. The summed E-state index contributed by atoms with van der Waals surface area (Å²) in [7, 11) is 0.852. The molecule has 23 heavy (non-hydrogen) atoms. The fourth-order valence-electron chi connectivity index (χ4n) is 3.90. The van der Waals surface area contributed by atoms with E-state index in [-0.39, 0.29) is 17.2 Å². The second kappa shape index (κ2) is 7.06. The summed E-state index contributed by atoms with van der Waals surface area (Å²) in [5, 5.41) is 0. The largest absolute Gasteiger partial charge is 0.495 e. The predicted molar refractivity (Wildman–Crippen MR) is 92.0 cm³/mol. The minimum absolute atomic E-state index is 0.329. The smallest absolute Gasteiger partial charge is 0.465 e. The SMILES string of the molecule is CCC1(CC)OB(c2ccccc2C(=O)OC)OC1(CC)CC. The van der Waals surface area contributed by atoms with Crippen LogP contribution in [0.3, 0.4) is 0 Å². The van der Waals surface area contributed by atoms with Gasteiger partial charge in [-0.3, -0.25) is 0 Å². The summed E-state index contributed by atoms with van der Waals surface area (Å²) >= 11 is 0. The van der Waals surface area contributed by atoms with Gasteiger partial charge in [-0.05, 0) is 37.2 Å². The Hall–Kier alpha value is -1.33. The van der Waals surface area contributed by atoms with Crippen molar-refractivity contribution in [3.05, 3.63) is 29.8 Å². The molecule has 5 heteroatoms. The van der Waals surface area contributed by atoms with E-state index in [0.717, 1.165) is 31.1 Å². The third-order valence-electron chi connectivity index (χ3n) is 5.40. The highest BCUT2D eigenvalue weighted by molar-refractivity contribution is 6.63. The highest BCUT2D eigenvalue weighted by Gasteiger charge is 2.59. The summed E-state index contributed by atoms with van der Waals surface area (Å²) < 4.78 is 17.8. The molecule has 1 fully saturated rings. The van der Waals surface area contributed by atoms with Crippen LogP contribution < -0.4 is 5.46 Å². The van der Waals surface area contributed by atoms with E-state index in [4.69, 9.17) is 14.0 Å². The predicted octanol–water partition coefficient (Wildman–Crippen LogP) is 3.33. The molecule has 0 aliphatic carbocycles. The maximum Gasteiger partial charge on any atom is 0.495 e. The first-order valence-electron chi connectivity index (χ1n) is 8.55. The van der Waals surface area contributed by atoms with Crippen LogP contribution in [0, 0.1) is 0 Å². The summed E-state index contributed by atoms with van der Waals surface area (Å²) in [5.74, 6) is -0.364. The second-order valence-electron chi connectivity index (χ2n) is 6.05. The summed E-state index contributed by atoms with van der Waals surface area (Å²) in [4.78, 5) is 12.1. The first-order valence-corrected chi connectivity index (χ1v) is 8.55. The van der Waals surface area contributed by atoms with Crippen molar-refractivity contribution in [3.63, 3.8) is 0 Å². The van der Waals surface area contributed by atoms with Crippen LogP contribution in [-0.4, -0.2) is 31.4 Å². The van der Waals surface area contributed by atoms with E-state index in [1.165, 1.54) is 7.11 Å². The normalized spacial score (nSPS) is 18.9. The Kier molecular flexibility index (Phi) is 5.53. The molecular weight excluding hydrogens is 291 g/mol. The molecule has 1 heterocycles. The molecule has 1 aliphatic heterocycles. The van der Waals surface area contributed by atoms with Gasteiger partial charge in [0, 0.05) is 0 Å². The van der Waals surface area contributed by atoms with E-state index < -0.39 is 7.12 Å². The van der Waals surface area contributed by atoms with Crippen molar-refractivity contribution in [2.75, 3.05) is 7.11 Å². The van der Waals surface area contributed by atoms with Gasteiger partial charge in [0.15, 0.2) is 0 Å². The Labute approximate surface area is 139 Å². The minimum Gasteiger partial charge on any atom is -0.465 e. The van der Waals surface area contributed by atoms with Crippen molar-refractivity contribution in [3.8, 4) is 0 Å². The van der Waals surface area contributed by atoms with E-state index in [2.05, 4.69) is 27.7 Å². The second-order valence-corrected chi connectivity index (χ2v) is 6.05. The van der Waals surface area contributed by atoms with Crippen molar-refractivity contribution in [2.45, 2.75) is 64.6 Å². The van der Waals surface area contributed by atoms with E-state index in [0.29, 0.717) is 5.56 Å². The maximum atomic E-state index is 12.1. The van der Waals surface area contributed by atoms with Crippen LogP contribution in [0.4, 0.5) is 0 Å². The molecule has 1 saturated heterocycles. The first-order chi connectivity index (χ1) is 11.0. The Morgan fingerprint density at radius 1 is 1.00 bits per heavy atom. The van der Waals surface area contributed by atoms with E-state index in [9.17, 15) is 4.79 Å². The topological polar surface area (TPSA) is 44.8 Å². The van der Waals surface area contributed by atoms with Gasteiger partial charge >= 0.3 is 13.1 Å². The number of rotatable bonds is 6. The maximum absolute atomic E-state index is 12.1. The Morgan fingerprint density at radius 3 is 1.91 bits per heavy atom. The van der Waals surface area contributed by atoms with Crippen LogP contribution in [0.15, 0.2) is 24.3 Å². The summed E-state index contributed by atoms with van der Waals surface area (Å²) in [6, 6.07) is 7.36. The molecule has 0 aromatic heterocycles. The van der Waals surface area contributed by atoms with Gasteiger partial charge in [-0.1, -0.05) is 45.9 Å². The van der Waals surface area contributed by atoms with E-state index >= 15 is 0 Å². The molecule has 0 atom stereocenters. The molecule has 0 unspecified atom stereocenters. The van der Waals surface area contributed by atoms with E-state index in [1.54, 1.807) is 6.07 Å². The molecule has 0 radical (unpaired) electrons. The number of benzene rings is 1. The standard InChI is InChI=1S/C18H27BO4/c1-6-17(7-2)18(8-3,9-4)23-19(22-17)15-13-11-10-12-14(15)16(20)21-5/h10-13H,6-9H2,1-5H3. The molecule has 1 aliphatic rings. The molecule has 0 spiro atoms. The zero-order valence-corrected chi connectivity index (χ0v) is 14.8. The van der Waals surface area contributed by atoms with Gasteiger partial charge in [0.25, 0.3) is 0 Å². The van der Waals surface area contributed by atoms with Crippen LogP contribution in [-0.2, 0) is 14.0 Å². The van der Waals surface area contributed by atoms with Crippen molar-refractivity contribution in [1.82, 2.24) is 0 Å². The molecule has 1 aromatic rings. The molecule has 0 saturated carbocycles. The lowest BCUT2D eigenvalue weighted by atomic mass is 9.75. The van der Waals surface area contributed by atoms with Crippen LogP contribution in [0.1, 0.15) is 63.7 Å². The molecular formula is C18H27BO4. The Balaban J connectivity index is 2.46. The molecule has 2 rings (SSSR count).